The number of benzene rings is 1. The van der Waals surface area contributed by atoms with E-state index in [1.165, 1.54) is 18.2 Å². The summed E-state index contributed by atoms with van der Waals surface area (Å²) in [6, 6.07) is 3.99. The Balaban J connectivity index is 1.76. The average molecular weight is 345 g/mol. The van der Waals surface area contributed by atoms with Gasteiger partial charge in [0.05, 0.1) is 18.2 Å². The maximum Gasteiger partial charge on any atom is 0.258 e. The third kappa shape index (κ3) is 5.34. The van der Waals surface area contributed by atoms with Crippen LogP contribution in [-0.2, 0) is 9.53 Å². The number of ether oxygens (including phenoxy) is 2. The molecular weight excluding hydrogens is 323 g/mol. The second-order valence-corrected chi connectivity index (χ2v) is 6.46. The number of nitrogens with zero attached hydrogens (tertiary/aromatic N) is 1. The highest BCUT2D eigenvalue weighted by molar-refractivity contribution is 6.30. The zero-order chi connectivity index (χ0) is 16.9. The lowest BCUT2D eigenvalue weighted by Crippen LogP contribution is -2.55. The van der Waals surface area contributed by atoms with Crippen molar-refractivity contribution in [2.24, 2.45) is 0 Å². The largest absolute Gasteiger partial charge is 0.484 e. The van der Waals surface area contributed by atoms with Crippen molar-refractivity contribution in [1.29, 1.82) is 0 Å². The summed E-state index contributed by atoms with van der Waals surface area (Å²) in [5.41, 5.74) is -0.154. The molecule has 1 aliphatic rings. The van der Waals surface area contributed by atoms with Crippen molar-refractivity contribution < 1.29 is 18.7 Å². The topological polar surface area (TPSA) is 50.8 Å². The Morgan fingerprint density at radius 1 is 1.43 bits per heavy atom. The van der Waals surface area contributed by atoms with Crippen molar-refractivity contribution in [2.45, 2.75) is 19.4 Å². The number of rotatable bonds is 6. The molecule has 0 spiro atoms. The van der Waals surface area contributed by atoms with E-state index in [1.807, 2.05) is 0 Å². The van der Waals surface area contributed by atoms with Crippen LogP contribution in [0.5, 0.6) is 5.75 Å². The number of nitrogens with one attached hydrogen (secondary N) is 1. The summed E-state index contributed by atoms with van der Waals surface area (Å²) in [6.07, 6.45) is 0. The third-order valence-electron chi connectivity index (χ3n) is 3.85. The van der Waals surface area contributed by atoms with E-state index in [1.54, 1.807) is 0 Å². The first-order chi connectivity index (χ1) is 10.9. The van der Waals surface area contributed by atoms with Gasteiger partial charge in [0.15, 0.2) is 6.61 Å². The van der Waals surface area contributed by atoms with Gasteiger partial charge in [-0.2, -0.15) is 0 Å². The van der Waals surface area contributed by atoms with Crippen LogP contribution in [0.4, 0.5) is 4.39 Å². The lowest BCUT2D eigenvalue weighted by Gasteiger charge is -2.40. The number of hydrogen-bond acceptors (Lipinski definition) is 4. The van der Waals surface area contributed by atoms with E-state index in [2.05, 4.69) is 24.1 Å². The van der Waals surface area contributed by atoms with Crippen molar-refractivity contribution in [3.05, 3.63) is 29.0 Å². The average Bonchev–Trinajstić information content (AvgIpc) is 2.55. The quantitative estimate of drug-likeness (QED) is 0.858. The van der Waals surface area contributed by atoms with Crippen LogP contribution in [-0.4, -0.2) is 55.8 Å². The summed E-state index contributed by atoms with van der Waals surface area (Å²) < 4.78 is 23.7. The molecule has 1 saturated heterocycles. The number of hydrogen-bond donors (Lipinski definition) is 1. The van der Waals surface area contributed by atoms with Gasteiger partial charge >= 0.3 is 0 Å². The highest BCUT2D eigenvalue weighted by atomic mass is 35.5. The number of amides is 1. The van der Waals surface area contributed by atoms with Gasteiger partial charge in [-0.1, -0.05) is 11.6 Å². The fraction of sp³-hybridized carbons (Fsp3) is 0.562. The van der Waals surface area contributed by atoms with E-state index in [4.69, 9.17) is 21.1 Å². The van der Waals surface area contributed by atoms with E-state index in [9.17, 15) is 9.18 Å². The van der Waals surface area contributed by atoms with Gasteiger partial charge in [0.25, 0.3) is 5.91 Å². The van der Waals surface area contributed by atoms with Gasteiger partial charge < -0.3 is 14.8 Å². The minimum absolute atomic E-state index is 0.0311. The van der Waals surface area contributed by atoms with Gasteiger partial charge in [-0.05, 0) is 26.0 Å². The van der Waals surface area contributed by atoms with Gasteiger partial charge in [0.1, 0.15) is 11.6 Å². The molecule has 2 rings (SSSR count). The summed E-state index contributed by atoms with van der Waals surface area (Å²) in [4.78, 5) is 14.2. The molecule has 0 atom stereocenters. The lowest BCUT2D eigenvalue weighted by atomic mass is 10.0. The second kappa shape index (κ2) is 7.95. The maximum atomic E-state index is 13.0. The minimum atomic E-state index is -0.518. The van der Waals surface area contributed by atoms with E-state index in [-0.39, 0.29) is 23.1 Å². The first kappa shape index (κ1) is 18.0. The highest BCUT2D eigenvalue weighted by Gasteiger charge is 2.28. The van der Waals surface area contributed by atoms with E-state index >= 15 is 0 Å². The lowest BCUT2D eigenvalue weighted by molar-refractivity contribution is -0.123. The Labute approximate surface area is 140 Å². The molecule has 1 N–H and O–H groups in total. The van der Waals surface area contributed by atoms with Crippen molar-refractivity contribution in [1.82, 2.24) is 10.2 Å². The summed E-state index contributed by atoms with van der Waals surface area (Å²) >= 11 is 5.66. The van der Waals surface area contributed by atoms with E-state index < -0.39 is 5.82 Å². The molecule has 0 unspecified atom stereocenters. The zero-order valence-electron chi connectivity index (χ0n) is 13.4. The summed E-state index contributed by atoms with van der Waals surface area (Å²) in [5.74, 6) is -0.387. The Bertz CT molecular complexity index is 548. The van der Waals surface area contributed by atoms with Crippen LogP contribution in [0.3, 0.4) is 0 Å². The number of halogens is 2. The van der Waals surface area contributed by atoms with Crippen LogP contribution in [0.1, 0.15) is 13.8 Å². The molecule has 23 heavy (non-hydrogen) atoms. The molecule has 0 bridgehead atoms. The first-order valence-electron chi connectivity index (χ1n) is 7.56. The molecule has 128 valence electrons. The molecule has 1 aliphatic heterocycles. The van der Waals surface area contributed by atoms with Gasteiger partial charge in [-0.3, -0.25) is 9.69 Å². The molecule has 0 aromatic heterocycles. The van der Waals surface area contributed by atoms with Crippen molar-refractivity contribution in [3.8, 4) is 5.75 Å². The van der Waals surface area contributed by atoms with Crippen LogP contribution in [0, 0.1) is 5.82 Å². The van der Waals surface area contributed by atoms with Crippen LogP contribution < -0.4 is 10.1 Å². The molecule has 1 fully saturated rings. The SMILES string of the molecule is CC(C)(CNC(=O)COc1ccc(F)c(Cl)c1)N1CCOCC1. The molecular formula is C16H22ClFN2O3. The van der Waals surface area contributed by atoms with Crippen LogP contribution in [0.25, 0.3) is 0 Å². The Kier molecular flexibility index (Phi) is 6.21. The highest BCUT2D eigenvalue weighted by Crippen LogP contribution is 2.21. The molecule has 1 amide bonds. The Morgan fingerprint density at radius 3 is 2.78 bits per heavy atom. The fourth-order valence-electron chi connectivity index (χ4n) is 2.36. The van der Waals surface area contributed by atoms with Gasteiger partial charge in [0.2, 0.25) is 0 Å². The second-order valence-electron chi connectivity index (χ2n) is 6.05. The van der Waals surface area contributed by atoms with Crippen LogP contribution in [0.2, 0.25) is 5.02 Å². The predicted octanol–water partition coefficient (Wildman–Crippen LogP) is 2.08. The monoisotopic (exact) mass is 344 g/mol. The van der Waals surface area contributed by atoms with Gasteiger partial charge in [0, 0.05) is 31.2 Å². The Hall–Kier alpha value is -1.37. The van der Waals surface area contributed by atoms with Crippen LogP contribution >= 0.6 is 11.6 Å². The summed E-state index contributed by atoms with van der Waals surface area (Å²) in [7, 11) is 0. The molecule has 1 aromatic carbocycles. The molecule has 1 heterocycles. The summed E-state index contributed by atoms with van der Waals surface area (Å²) in [6.45, 7) is 7.68. The summed E-state index contributed by atoms with van der Waals surface area (Å²) in [5, 5.41) is 2.83. The van der Waals surface area contributed by atoms with Crippen molar-refractivity contribution >= 4 is 17.5 Å². The zero-order valence-corrected chi connectivity index (χ0v) is 14.2. The Morgan fingerprint density at radius 2 is 2.13 bits per heavy atom. The first-order valence-corrected chi connectivity index (χ1v) is 7.93. The molecule has 0 saturated carbocycles. The van der Waals surface area contributed by atoms with Gasteiger partial charge in [-0.15, -0.1) is 0 Å². The molecule has 0 aliphatic carbocycles. The van der Waals surface area contributed by atoms with Crippen molar-refractivity contribution in [2.75, 3.05) is 39.5 Å². The fourth-order valence-corrected chi connectivity index (χ4v) is 2.53. The third-order valence-corrected chi connectivity index (χ3v) is 4.14. The normalized spacial score (nSPS) is 16.2. The maximum absolute atomic E-state index is 13.0. The van der Waals surface area contributed by atoms with E-state index in [0.717, 1.165) is 13.1 Å². The molecule has 5 nitrogen and oxygen atoms in total. The van der Waals surface area contributed by atoms with E-state index in [0.29, 0.717) is 25.5 Å². The van der Waals surface area contributed by atoms with Gasteiger partial charge in [-0.25, -0.2) is 4.39 Å². The number of carbonyl (C=O) groups is 1. The molecule has 0 radical (unpaired) electrons. The molecule has 7 heteroatoms. The smallest absolute Gasteiger partial charge is 0.258 e. The standard InChI is InChI=1S/C16H22ClFN2O3/c1-16(2,20-5-7-22-8-6-20)11-19-15(21)10-23-12-3-4-14(18)13(17)9-12/h3-4,9H,5-8,10-11H2,1-2H3,(H,19,21). The van der Waals surface area contributed by atoms with Crippen molar-refractivity contribution in [3.63, 3.8) is 0 Å². The predicted molar refractivity (Wildman–Crippen MR) is 86.4 cm³/mol. The molecule has 1 aromatic rings. The minimum Gasteiger partial charge on any atom is -0.484 e. The number of morpholine rings is 1. The number of carbonyl (C=O) groups excluding carboxylic acids is 1. The van der Waals surface area contributed by atoms with Crippen LogP contribution in [0.15, 0.2) is 18.2 Å².